The number of nitrogens with two attached hydrogens (primary N) is 2. The van der Waals surface area contributed by atoms with E-state index in [4.69, 9.17) is 11.5 Å². The zero-order valence-corrected chi connectivity index (χ0v) is 8.17. The number of hydrogen-bond acceptors (Lipinski definition) is 5. The van der Waals surface area contributed by atoms with Gasteiger partial charge < -0.3 is 11.5 Å². The Hall–Kier alpha value is -1.79. The van der Waals surface area contributed by atoms with Gasteiger partial charge in [0.15, 0.2) is 0 Å². The molecule has 0 aliphatic rings. The Morgan fingerprint density at radius 3 is 2.20 bits per heavy atom. The van der Waals surface area contributed by atoms with E-state index in [9.17, 15) is 0 Å². The molecule has 4 N–H and O–H groups in total. The largest absolute Gasteiger partial charge is 0.326 e. The minimum absolute atomic E-state index is 0.438. The first kappa shape index (κ1) is 9.75. The van der Waals surface area contributed by atoms with Crippen LogP contribution in [0.1, 0.15) is 11.1 Å². The van der Waals surface area contributed by atoms with Crippen LogP contribution < -0.4 is 11.5 Å². The van der Waals surface area contributed by atoms with E-state index in [1.807, 2.05) is 0 Å². The molecule has 0 aromatic carbocycles. The van der Waals surface area contributed by atoms with E-state index in [0.29, 0.717) is 19.0 Å². The van der Waals surface area contributed by atoms with Gasteiger partial charge in [0.1, 0.15) is 0 Å². The second kappa shape index (κ2) is 4.16. The minimum Gasteiger partial charge on any atom is -0.326 e. The van der Waals surface area contributed by atoms with Crippen molar-refractivity contribution in [2.75, 3.05) is 0 Å². The maximum atomic E-state index is 5.48. The summed E-state index contributed by atoms with van der Waals surface area (Å²) in [6.07, 6.45) is 6.87. The van der Waals surface area contributed by atoms with Gasteiger partial charge in [0.05, 0.1) is 6.20 Å². The highest BCUT2D eigenvalue weighted by Gasteiger charge is 2.01. The predicted molar refractivity (Wildman–Crippen MR) is 54.9 cm³/mol. The summed E-state index contributed by atoms with van der Waals surface area (Å²) in [4.78, 5) is 8.27. The highest BCUT2D eigenvalue weighted by Crippen LogP contribution is 2.02. The summed E-state index contributed by atoms with van der Waals surface area (Å²) < 4.78 is 1.59. The fourth-order valence-corrected chi connectivity index (χ4v) is 1.15. The molecular weight excluding hydrogens is 192 g/mol. The fraction of sp³-hybridized carbons (Fsp3) is 0.222. The Morgan fingerprint density at radius 1 is 1.00 bits per heavy atom. The summed E-state index contributed by atoms with van der Waals surface area (Å²) >= 11 is 0. The van der Waals surface area contributed by atoms with Gasteiger partial charge in [-0.25, -0.2) is 14.6 Å². The second-order valence-electron chi connectivity index (χ2n) is 3.09. The zero-order chi connectivity index (χ0) is 10.7. The molecule has 15 heavy (non-hydrogen) atoms. The van der Waals surface area contributed by atoms with Crippen LogP contribution in [0.4, 0.5) is 0 Å². The molecule has 6 heteroatoms. The molecular formula is C9H12N6. The normalized spacial score (nSPS) is 10.5. The van der Waals surface area contributed by atoms with Crippen molar-refractivity contribution in [2.45, 2.75) is 13.1 Å². The monoisotopic (exact) mass is 204 g/mol. The summed E-state index contributed by atoms with van der Waals surface area (Å²) in [6, 6.07) is 0. The van der Waals surface area contributed by atoms with Crippen LogP contribution in [0.5, 0.6) is 0 Å². The van der Waals surface area contributed by atoms with Gasteiger partial charge in [0, 0.05) is 42.8 Å². The van der Waals surface area contributed by atoms with E-state index in [1.54, 1.807) is 29.5 Å². The molecule has 78 valence electrons. The third kappa shape index (κ3) is 2.00. The van der Waals surface area contributed by atoms with Crippen molar-refractivity contribution in [3.8, 4) is 5.95 Å². The standard InChI is InChI=1S/C9H12N6/c10-1-7-3-12-9(13-4-7)15-6-8(2-11)5-14-15/h3-6H,1-2,10-11H2. The number of rotatable bonds is 3. The van der Waals surface area contributed by atoms with Gasteiger partial charge in [-0.15, -0.1) is 0 Å². The third-order valence-electron chi connectivity index (χ3n) is 2.00. The van der Waals surface area contributed by atoms with Crippen LogP contribution in [0.2, 0.25) is 0 Å². The SMILES string of the molecule is NCc1cnc(-n2cc(CN)cn2)nc1. The van der Waals surface area contributed by atoms with Crippen molar-refractivity contribution in [3.05, 3.63) is 35.9 Å². The maximum Gasteiger partial charge on any atom is 0.250 e. The molecule has 0 aliphatic carbocycles. The van der Waals surface area contributed by atoms with Crippen LogP contribution in [-0.2, 0) is 13.1 Å². The van der Waals surface area contributed by atoms with Gasteiger partial charge in [-0.3, -0.25) is 0 Å². The number of hydrogen-bond donors (Lipinski definition) is 2. The van der Waals surface area contributed by atoms with E-state index < -0.39 is 0 Å². The van der Waals surface area contributed by atoms with Crippen molar-refractivity contribution in [1.29, 1.82) is 0 Å². The molecule has 0 saturated heterocycles. The highest BCUT2D eigenvalue weighted by atomic mass is 15.3. The van der Waals surface area contributed by atoms with E-state index in [0.717, 1.165) is 11.1 Å². The first-order chi connectivity index (χ1) is 7.33. The summed E-state index contributed by atoms with van der Waals surface area (Å²) in [5, 5.41) is 4.09. The average Bonchev–Trinajstić information content (AvgIpc) is 2.78. The quantitative estimate of drug-likeness (QED) is 0.708. The Morgan fingerprint density at radius 2 is 1.67 bits per heavy atom. The Kier molecular flexibility index (Phi) is 2.70. The maximum absolute atomic E-state index is 5.48. The molecule has 0 fully saturated rings. The van der Waals surface area contributed by atoms with Crippen molar-refractivity contribution < 1.29 is 0 Å². The molecule has 0 aliphatic heterocycles. The van der Waals surface area contributed by atoms with Crippen LogP contribution in [0, 0.1) is 0 Å². The lowest BCUT2D eigenvalue weighted by atomic mass is 10.3. The number of nitrogens with zero attached hydrogens (tertiary/aromatic N) is 4. The van der Waals surface area contributed by atoms with Gasteiger partial charge in [-0.05, 0) is 0 Å². The number of aromatic nitrogens is 4. The Balaban J connectivity index is 2.28. The van der Waals surface area contributed by atoms with E-state index in [1.165, 1.54) is 0 Å². The van der Waals surface area contributed by atoms with Gasteiger partial charge in [0.2, 0.25) is 5.95 Å². The van der Waals surface area contributed by atoms with Crippen molar-refractivity contribution in [1.82, 2.24) is 19.7 Å². The van der Waals surface area contributed by atoms with Crippen LogP contribution in [0.25, 0.3) is 5.95 Å². The molecule has 2 rings (SSSR count). The molecule has 0 amide bonds. The van der Waals surface area contributed by atoms with E-state index >= 15 is 0 Å². The lowest BCUT2D eigenvalue weighted by molar-refractivity contribution is 0.800. The summed E-state index contributed by atoms with van der Waals surface area (Å²) in [6.45, 7) is 0.897. The molecule has 2 aromatic heterocycles. The van der Waals surface area contributed by atoms with E-state index in [2.05, 4.69) is 15.1 Å². The van der Waals surface area contributed by atoms with E-state index in [-0.39, 0.29) is 0 Å². The van der Waals surface area contributed by atoms with Crippen LogP contribution in [-0.4, -0.2) is 19.7 Å². The fourth-order valence-electron chi connectivity index (χ4n) is 1.15. The first-order valence-corrected chi connectivity index (χ1v) is 4.58. The highest BCUT2D eigenvalue weighted by molar-refractivity contribution is 5.16. The molecule has 6 nitrogen and oxygen atoms in total. The van der Waals surface area contributed by atoms with Gasteiger partial charge in [-0.1, -0.05) is 0 Å². The van der Waals surface area contributed by atoms with Crippen molar-refractivity contribution in [3.63, 3.8) is 0 Å². The smallest absolute Gasteiger partial charge is 0.250 e. The topological polar surface area (TPSA) is 95.6 Å². The molecule has 2 heterocycles. The molecule has 2 aromatic rings. The Bertz CT molecular complexity index is 432. The second-order valence-corrected chi connectivity index (χ2v) is 3.09. The van der Waals surface area contributed by atoms with Gasteiger partial charge in [-0.2, -0.15) is 5.10 Å². The summed E-state index contributed by atoms with van der Waals surface area (Å²) in [5.74, 6) is 0.520. The summed E-state index contributed by atoms with van der Waals surface area (Å²) in [5.41, 5.74) is 12.8. The van der Waals surface area contributed by atoms with Crippen molar-refractivity contribution >= 4 is 0 Å². The molecule has 0 unspecified atom stereocenters. The molecule has 0 radical (unpaired) electrons. The Labute approximate surface area is 86.9 Å². The summed E-state index contributed by atoms with van der Waals surface area (Å²) in [7, 11) is 0. The van der Waals surface area contributed by atoms with Crippen molar-refractivity contribution in [2.24, 2.45) is 11.5 Å². The minimum atomic E-state index is 0.438. The predicted octanol–water partition coefficient (Wildman–Crippen LogP) is -0.420. The molecule has 0 saturated carbocycles. The lowest BCUT2D eigenvalue weighted by Crippen LogP contribution is -2.04. The van der Waals surface area contributed by atoms with Gasteiger partial charge in [0.25, 0.3) is 0 Å². The van der Waals surface area contributed by atoms with Crippen LogP contribution in [0.3, 0.4) is 0 Å². The first-order valence-electron chi connectivity index (χ1n) is 4.58. The van der Waals surface area contributed by atoms with Crippen LogP contribution >= 0.6 is 0 Å². The zero-order valence-electron chi connectivity index (χ0n) is 8.17. The third-order valence-corrected chi connectivity index (χ3v) is 2.00. The average molecular weight is 204 g/mol. The van der Waals surface area contributed by atoms with Crippen LogP contribution in [0.15, 0.2) is 24.8 Å². The molecule has 0 bridgehead atoms. The molecule has 0 spiro atoms. The molecule has 0 atom stereocenters. The van der Waals surface area contributed by atoms with Gasteiger partial charge >= 0.3 is 0 Å². The lowest BCUT2D eigenvalue weighted by Gasteiger charge is -1.99.